The van der Waals surface area contributed by atoms with Crippen LogP contribution in [0, 0.1) is 0 Å². The van der Waals surface area contributed by atoms with Crippen LogP contribution in [0.15, 0.2) is 0 Å². The van der Waals surface area contributed by atoms with Gasteiger partial charge in [0.2, 0.25) is 11.8 Å². The Labute approximate surface area is 139 Å². The number of likely N-dealkylation sites (tertiary alicyclic amines) is 1. The van der Waals surface area contributed by atoms with Crippen LogP contribution in [0.25, 0.3) is 0 Å². The van der Waals surface area contributed by atoms with Crippen molar-refractivity contribution in [2.45, 2.75) is 82.8 Å². The lowest BCUT2D eigenvalue weighted by atomic mass is 10.2. The maximum absolute atomic E-state index is 12.3. The van der Waals surface area contributed by atoms with E-state index >= 15 is 0 Å². The van der Waals surface area contributed by atoms with Gasteiger partial charge in [-0.25, -0.2) is 0 Å². The number of imide groups is 1. The zero-order valence-electron chi connectivity index (χ0n) is 14.9. The first kappa shape index (κ1) is 19.5. The summed E-state index contributed by atoms with van der Waals surface area (Å²) in [6.07, 6.45) is 3.16. The molecule has 0 spiro atoms. The summed E-state index contributed by atoms with van der Waals surface area (Å²) in [5.74, 6) is -0.0199. The van der Waals surface area contributed by atoms with Gasteiger partial charge in [-0.1, -0.05) is 20.8 Å². The normalized spacial score (nSPS) is 20.1. The highest BCUT2D eigenvalue weighted by atomic mass is 32.2. The van der Waals surface area contributed by atoms with E-state index in [1.54, 1.807) is 11.8 Å². The second kappa shape index (κ2) is 7.82. The number of carbonyl (C=O) groups is 2. The molecule has 1 aliphatic heterocycles. The first-order valence-corrected chi connectivity index (χ1v) is 9.03. The topological polar surface area (TPSA) is 46.6 Å². The minimum atomic E-state index is -0.197. The van der Waals surface area contributed by atoms with E-state index in [0.717, 1.165) is 25.9 Å². The average molecular weight is 330 g/mol. The third-order valence-electron chi connectivity index (χ3n) is 3.26. The molecule has 1 fully saturated rings. The highest BCUT2D eigenvalue weighted by Gasteiger charge is 2.40. The summed E-state index contributed by atoms with van der Waals surface area (Å²) >= 11 is 1.60. The van der Waals surface area contributed by atoms with Crippen molar-refractivity contribution in [3.8, 4) is 0 Å². The minimum absolute atomic E-state index is 0.000904. The molecule has 1 saturated heterocycles. The van der Waals surface area contributed by atoms with E-state index in [4.69, 9.17) is 4.74 Å². The van der Waals surface area contributed by atoms with Crippen molar-refractivity contribution in [2.75, 3.05) is 13.2 Å². The molecule has 1 atom stereocenters. The molecule has 1 rings (SSSR count). The summed E-state index contributed by atoms with van der Waals surface area (Å²) < 4.78 is 5.67. The Balaban J connectivity index is 2.28. The summed E-state index contributed by atoms with van der Waals surface area (Å²) in [5, 5.41) is -0.197. The van der Waals surface area contributed by atoms with Crippen LogP contribution in [0.4, 0.5) is 0 Å². The highest BCUT2D eigenvalue weighted by molar-refractivity contribution is 8.01. The Bertz CT molecular complexity index is 396. The van der Waals surface area contributed by atoms with Crippen molar-refractivity contribution in [1.29, 1.82) is 0 Å². The van der Waals surface area contributed by atoms with Crippen LogP contribution in [0.5, 0.6) is 0 Å². The second-order valence-electron chi connectivity index (χ2n) is 7.83. The van der Waals surface area contributed by atoms with Crippen LogP contribution in [0.3, 0.4) is 0 Å². The smallest absolute Gasteiger partial charge is 0.242 e. The number of amides is 2. The third kappa shape index (κ3) is 7.14. The molecule has 5 heteroatoms. The van der Waals surface area contributed by atoms with Crippen molar-refractivity contribution in [2.24, 2.45) is 0 Å². The summed E-state index contributed by atoms with van der Waals surface area (Å²) in [5.41, 5.74) is -0.0989. The molecular formula is C17H31NO3S. The number of ether oxygens (including phenoxy) is 1. The first-order chi connectivity index (χ1) is 9.99. The van der Waals surface area contributed by atoms with Gasteiger partial charge in [0.1, 0.15) is 0 Å². The Morgan fingerprint density at radius 1 is 1.09 bits per heavy atom. The Morgan fingerprint density at radius 3 is 2.27 bits per heavy atom. The molecule has 1 heterocycles. The fourth-order valence-electron chi connectivity index (χ4n) is 2.33. The minimum Gasteiger partial charge on any atom is -0.376 e. The summed E-state index contributed by atoms with van der Waals surface area (Å²) in [4.78, 5) is 25.8. The van der Waals surface area contributed by atoms with Crippen molar-refractivity contribution in [3.05, 3.63) is 0 Å². The molecule has 22 heavy (non-hydrogen) atoms. The fourth-order valence-corrected chi connectivity index (χ4v) is 3.64. The number of hydrogen-bond acceptors (Lipinski definition) is 4. The lowest BCUT2D eigenvalue weighted by molar-refractivity contribution is -0.138. The highest BCUT2D eigenvalue weighted by Crippen LogP contribution is 2.34. The molecule has 1 unspecified atom stereocenters. The molecule has 0 aromatic rings. The van der Waals surface area contributed by atoms with E-state index in [1.165, 1.54) is 4.90 Å². The van der Waals surface area contributed by atoms with Gasteiger partial charge in [-0.05, 0) is 40.0 Å². The molecule has 0 saturated carbocycles. The van der Waals surface area contributed by atoms with E-state index in [2.05, 4.69) is 20.8 Å². The summed E-state index contributed by atoms with van der Waals surface area (Å²) in [7, 11) is 0. The van der Waals surface area contributed by atoms with Crippen LogP contribution in [0.2, 0.25) is 0 Å². The number of unbranched alkanes of at least 4 members (excludes halogenated alkanes) is 2. The molecule has 4 nitrogen and oxygen atoms in total. The fraction of sp³-hybridized carbons (Fsp3) is 0.882. The van der Waals surface area contributed by atoms with E-state index in [0.29, 0.717) is 13.0 Å². The average Bonchev–Trinajstić information content (AvgIpc) is 2.56. The quantitative estimate of drug-likeness (QED) is 0.528. The molecule has 1 aliphatic rings. The number of rotatable bonds is 7. The van der Waals surface area contributed by atoms with Gasteiger partial charge in [-0.15, -0.1) is 11.8 Å². The van der Waals surface area contributed by atoms with Crippen molar-refractivity contribution < 1.29 is 14.3 Å². The number of thioether (sulfide) groups is 1. The van der Waals surface area contributed by atoms with Gasteiger partial charge in [0, 0.05) is 24.3 Å². The number of hydrogen-bond donors (Lipinski definition) is 0. The molecule has 0 aromatic carbocycles. The monoisotopic (exact) mass is 329 g/mol. The maximum atomic E-state index is 12.3. The van der Waals surface area contributed by atoms with E-state index in [1.807, 2.05) is 20.8 Å². The maximum Gasteiger partial charge on any atom is 0.242 e. The van der Waals surface area contributed by atoms with E-state index in [-0.39, 0.29) is 27.4 Å². The summed E-state index contributed by atoms with van der Waals surface area (Å²) in [6.45, 7) is 13.6. The van der Waals surface area contributed by atoms with Crippen LogP contribution >= 0.6 is 11.8 Å². The number of nitrogens with zero attached hydrogens (tertiary/aromatic N) is 1. The van der Waals surface area contributed by atoms with Gasteiger partial charge in [-0.2, -0.15) is 0 Å². The van der Waals surface area contributed by atoms with Crippen molar-refractivity contribution in [1.82, 2.24) is 4.90 Å². The van der Waals surface area contributed by atoms with Gasteiger partial charge < -0.3 is 4.74 Å². The lowest BCUT2D eigenvalue weighted by Gasteiger charge is -2.21. The molecule has 0 bridgehead atoms. The molecular weight excluding hydrogens is 298 g/mol. The van der Waals surface area contributed by atoms with Gasteiger partial charge >= 0.3 is 0 Å². The van der Waals surface area contributed by atoms with Crippen LogP contribution in [-0.4, -0.2) is 45.5 Å². The Hall–Kier alpha value is -0.550. The van der Waals surface area contributed by atoms with Gasteiger partial charge in [0.25, 0.3) is 0 Å². The predicted molar refractivity (Wildman–Crippen MR) is 92.0 cm³/mol. The largest absolute Gasteiger partial charge is 0.376 e. The molecule has 0 radical (unpaired) electrons. The number of carbonyl (C=O) groups excluding carboxylic acids is 2. The molecule has 0 N–H and O–H groups in total. The first-order valence-electron chi connectivity index (χ1n) is 8.15. The van der Waals surface area contributed by atoms with Crippen LogP contribution in [-0.2, 0) is 14.3 Å². The Kier molecular flexibility index (Phi) is 6.93. The SMILES string of the molecule is CC(C)(C)OCCCCCN1C(=O)CC(SC(C)(C)C)C1=O. The molecule has 2 amide bonds. The molecule has 128 valence electrons. The van der Waals surface area contributed by atoms with E-state index < -0.39 is 0 Å². The zero-order valence-corrected chi connectivity index (χ0v) is 15.7. The van der Waals surface area contributed by atoms with E-state index in [9.17, 15) is 9.59 Å². The Morgan fingerprint density at radius 2 is 1.73 bits per heavy atom. The zero-order chi connectivity index (χ0) is 17.0. The van der Waals surface area contributed by atoms with Crippen LogP contribution < -0.4 is 0 Å². The standard InChI is InChI=1S/C17H31NO3S/c1-16(2,3)21-11-9-7-8-10-18-14(19)12-13(15(18)20)22-17(4,5)6/h13H,7-12H2,1-6H3. The van der Waals surface area contributed by atoms with Gasteiger partial charge in [0.15, 0.2) is 0 Å². The second-order valence-corrected chi connectivity index (χ2v) is 9.86. The predicted octanol–water partition coefficient (Wildman–Crippen LogP) is 3.63. The molecule has 0 aromatic heterocycles. The van der Waals surface area contributed by atoms with Crippen molar-refractivity contribution >= 4 is 23.6 Å². The van der Waals surface area contributed by atoms with Gasteiger partial charge in [-0.3, -0.25) is 14.5 Å². The van der Waals surface area contributed by atoms with Crippen LogP contribution in [0.1, 0.15) is 67.2 Å². The van der Waals surface area contributed by atoms with Gasteiger partial charge in [0.05, 0.1) is 10.9 Å². The third-order valence-corrected chi connectivity index (χ3v) is 4.62. The van der Waals surface area contributed by atoms with Crippen molar-refractivity contribution in [3.63, 3.8) is 0 Å². The summed E-state index contributed by atoms with van der Waals surface area (Å²) in [6, 6.07) is 0. The molecule has 0 aliphatic carbocycles. The lowest BCUT2D eigenvalue weighted by Crippen LogP contribution is -2.33.